The third kappa shape index (κ3) is 15.2. The van der Waals surface area contributed by atoms with Crippen LogP contribution in [0.3, 0.4) is 0 Å². The van der Waals surface area contributed by atoms with Gasteiger partial charge in [0.1, 0.15) is 0 Å². The molecule has 0 amide bonds. The van der Waals surface area contributed by atoms with E-state index in [1.54, 1.807) is 0 Å². The van der Waals surface area contributed by atoms with Gasteiger partial charge in [0, 0.05) is 6.54 Å². The molecule has 0 saturated heterocycles. The lowest BCUT2D eigenvalue weighted by atomic mass is 10.0. The van der Waals surface area contributed by atoms with Gasteiger partial charge in [-0.15, -0.1) is 0 Å². The lowest BCUT2D eigenvalue weighted by molar-refractivity contribution is 0.527. The highest BCUT2D eigenvalue weighted by atomic mass is 14.8. The van der Waals surface area contributed by atoms with Crippen molar-refractivity contribution in [3.63, 3.8) is 0 Å². The van der Waals surface area contributed by atoms with Gasteiger partial charge < -0.3 is 5.32 Å². The average molecular weight is 346 g/mol. The molecule has 1 aromatic rings. The number of unbranched alkanes of at least 4 members (excludes halogenated alkanes) is 14. The van der Waals surface area contributed by atoms with Gasteiger partial charge in [-0.2, -0.15) is 0 Å². The van der Waals surface area contributed by atoms with Gasteiger partial charge in [-0.05, 0) is 18.5 Å². The van der Waals surface area contributed by atoms with Crippen LogP contribution in [0.25, 0.3) is 0 Å². The number of nitrogens with one attached hydrogen (secondary N) is 1. The van der Waals surface area contributed by atoms with Gasteiger partial charge in [0.05, 0.1) is 0 Å². The maximum atomic E-state index is 3.55. The van der Waals surface area contributed by atoms with Crippen molar-refractivity contribution in [1.82, 2.24) is 5.32 Å². The Hall–Kier alpha value is -0.820. The van der Waals surface area contributed by atoms with Crippen LogP contribution in [0.1, 0.15) is 109 Å². The summed E-state index contributed by atoms with van der Waals surface area (Å²) in [5.41, 5.74) is 1.39. The van der Waals surface area contributed by atoms with Crippen LogP contribution in [0.15, 0.2) is 30.3 Å². The van der Waals surface area contributed by atoms with Crippen LogP contribution in [0.2, 0.25) is 0 Å². The summed E-state index contributed by atoms with van der Waals surface area (Å²) in [4.78, 5) is 0. The molecule has 1 heteroatoms. The molecular weight excluding hydrogens is 302 g/mol. The topological polar surface area (TPSA) is 12.0 Å². The third-order valence-electron chi connectivity index (χ3n) is 5.13. The maximum absolute atomic E-state index is 3.55. The molecule has 0 saturated carbocycles. The van der Waals surface area contributed by atoms with E-state index in [-0.39, 0.29) is 0 Å². The second kappa shape index (κ2) is 18.0. The predicted octanol–water partition coefficient (Wildman–Crippen LogP) is 7.65. The molecule has 0 bridgehead atoms. The summed E-state index contributed by atoms with van der Waals surface area (Å²) in [7, 11) is 0. The molecule has 25 heavy (non-hydrogen) atoms. The summed E-state index contributed by atoms with van der Waals surface area (Å²) < 4.78 is 0. The van der Waals surface area contributed by atoms with E-state index in [1.165, 1.54) is 102 Å². The highest BCUT2D eigenvalue weighted by molar-refractivity contribution is 5.14. The van der Waals surface area contributed by atoms with E-state index < -0.39 is 0 Å². The molecule has 0 aliphatic rings. The maximum Gasteiger partial charge on any atom is 0.0205 e. The predicted molar refractivity (Wildman–Crippen MR) is 113 cm³/mol. The second-order valence-electron chi connectivity index (χ2n) is 7.61. The molecule has 0 atom stereocenters. The van der Waals surface area contributed by atoms with E-state index in [0.717, 1.165) is 13.1 Å². The van der Waals surface area contributed by atoms with E-state index in [1.807, 2.05) is 0 Å². The van der Waals surface area contributed by atoms with Crippen LogP contribution in [0.4, 0.5) is 0 Å². The SMILES string of the molecule is CCCCCCCCCCCCCCCCCNCc1ccccc1. The summed E-state index contributed by atoms with van der Waals surface area (Å²) in [5.74, 6) is 0. The Morgan fingerprint density at radius 1 is 0.560 bits per heavy atom. The average Bonchev–Trinajstić information content (AvgIpc) is 2.65. The minimum Gasteiger partial charge on any atom is -0.313 e. The highest BCUT2D eigenvalue weighted by Gasteiger charge is 1.95. The summed E-state index contributed by atoms with van der Waals surface area (Å²) >= 11 is 0. The molecule has 0 heterocycles. The summed E-state index contributed by atoms with van der Waals surface area (Å²) in [6.45, 7) is 4.47. The number of hydrogen-bond donors (Lipinski definition) is 1. The van der Waals surface area contributed by atoms with Crippen LogP contribution in [-0.2, 0) is 6.54 Å². The fourth-order valence-electron chi connectivity index (χ4n) is 3.45. The molecule has 144 valence electrons. The minimum absolute atomic E-state index is 1.01. The van der Waals surface area contributed by atoms with Gasteiger partial charge >= 0.3 is 0 Å². The molecule has 0 aliphatic heterocycles. The quantitative estimate of drug-likeness (QED) is 0.269. The van der Waals surface area contributed by atoms with E-state index in [0.29, 0.717) is 0 Å². The first-order valence-electron chi connectivity index (χ1n) is 11.2. The molecule has 0 spiro atoms. The zero-order valence-electron chi connectivity index (χ0n) is 16.9. The van der Waals surface area contributed by atoms with Crippen molar-refractivity contribution in [1.29, 1.82) is 0 Å². The molecular formula is C24H43N. The molecule has 1 aromatic carbocycles. The van der Waals surface area contributed by atoms with Crippen molar-refractivity contribution in [3.8, 4) is 0 Å². The van der Waals surface area contributed by atoms with Gasteiger partial charge in [-0.1, -0.05) is 127 Å². The Balaban J connectivity index is 1.69. The Morgan fingerprint density at radius 2 is 1.00 bits per heavy atom. The number of hydrogen-bond acceptors (Lipinski definition) is 1. The Bertz CT molecular complexity index is 360. The largest absolute Gasteiger partial charge is 0.313 e. The van der Waals surface area contributed by atoms with Crippen LogP contribution in [0, 0.1) is 0 Å². The first-order chi connectivity index (χ1) is 12.4. The van der Waals surface area contributed by atoms with Crippen molar-refractivity contribution in [2.75, 3.05) is 6.54 Å². The molecule has 0 aromatic heterocycles. The third-order valence-corrected chi connectivity index (χ3v) is 5.13. The van der Waals surface area contributed by atoms with Crippen molar-refractivity contribution in [2.45, 2.75) is 110 Å². The standard InChI is InChI=1S/C24H43N/c1-2-3-4-5-6-7-8-9-10-11-12-13-14-15-19-22-25-23-24-20-17-16-18-21-24/h16-18,20-21,25H,2-15,19,22-23H2,1H3. The summed E-state index contributed by atoms with van der Waals surface area (Å²) in [6, 6.07) is 10.7. The van der Waals surface area contributed by atoms with Crippen LogP contribution in [-0.4, -0.2) is 6.54 Å². The van der Waals surface area contributed by atoms with Gasteiger partial charge in [-0.25, -0.2) is 0 Å². The van der Waals surface area contributed by atoms with E-state index in [9.17, 15) is 0 Å². The van der Waals surface area contributed by atoms with Crippen LogP contribution in [0.5, 0.6) is 0 Å². The van der Waals surface area contributed by atoms with Crippen molar-refractivity contribution in [2.24, 2.45) is 0 Å². The first kappa shape index (κ1) is 22.2. The lowest BCUT2D eigenvalue weighted by Gasteiger charge is -2.05. The molecule has 0 unspecified atom stereocenters. The normalized spacial score (nSPS) is 11.1. The van der Waals surface area contributed by atoms with Crippen molar-refractivity contribution < 1.29 is 0 Å². The zero-order chi connectivity index (χ0) is 17.8. The summed E-state index contributed by atoms with van der Waals surface area (Å²) in [6.07, 6.45) is 21.6. The van der Waals surface area contributed by atoms with Gasteiger partial charge in [0.2, 0.25) is 0 Å². The monoisotopic (exact) mass is 345 g/mol. The van der Waals surface area contributed by atoms with Gasteiger partial charge in [0.15, 0.2) is 0 Å². The molecule has 0 fully saturated rings. The number of rotatable bonds is 18. The fourth-order valence-corrected chi connectivity index (χ4v) is 3.45. The molecule has 1 N–H and O–H groups in total. The Morgan fingerprint density at radius 3 is 1.48 bits per heavy atom. The van der Waals surface area contributed by atoms with Gasteiger partial charge in [0.25, 0.3) is 0 Å². The minimum atomic E-state index is 1.01. The second-order valence-corrected chi connectivity index (χ2v) is 7.61. The molecule has 1 rings (SSSR count). The lowest BCUT2D eigenvalue weighted by Crippen LogP contribution is -2.14. The van der Waals surface area contributed by atoms with Crippen molar-refractivity contribution in [3.05, 3.63) is 35.9 Å². The highest BCUT2D eigenvalue weighted by Crippen LogP contribution is 2.13. The molecule has 0 radical (unpaired) electrons. The molecule has 0 aliphatic carbocycles. The fraction of sp³-hybridized carbons (Fsp3) is 0.750. The Labute approximate surface area is 158 Å². The Kier molecular flexibility index (Phi) is 16.0. The van der Waals surface area contributed by atoms with E-state index in [2.05, 4.69) is 42.6 Å². The van der Waals surface area contributed by atoms with Crippen molar-refractivity contribution >= 4 is 0 Å². The van der Waals surface area contributed by atoms with Gasteiger partial charge in [-0.3, -0.25) is 0 Å². The van der Waals surface area contributed by atoms with Crippen LogP contribution >= 0.6 is 0 Å². The van der Waals surface area contributed by atoms with E-state index >= 15 is 0 Å². The first-order valence-corrected chi connectivity index (χ1v) is 11.2. The smallest absolute Gasteiger partial charge is 0.0205 e. The zero-order valence-corrected chi connectivity index (χ0v) is 16.9. The van der Waals surface area contributed by atoms with E-state index in [4.69, 9.17) is 0 Å². The van der Waals surface area contributed by atoms with Crippen LogP contribution < -0.4 is 5.32 Å². The number of benzene rings is 1. The summed E-state index contributed by atoms with van der Waals surface area (Å²) in [5, 5.41) is 3.55. The molecule has 1 nitrogen and oxygen atoms in total.